The normalized spacial score (nSPS) is 27.5. The summed E-state index contributed by atoms with van der Waals surface area (Å²) in [6.45, 7) is 0.437. The van der Waals surface area contributed by atoms with Gasteiger partial charge < -0.3 is 4.74 Å². The van der Waals surface area contributed by atoms with E-state index >= 15 is 0 Å². The van der Waals surface area contributed by atoms with Gasteiger partial charge in [0.15, 0.2) is 0 Å². The molecule has 42 heavy (non-hydrogen) atoms. The van der Waals surface area contributed by atoms with Gasteiger partial charge in [0.2, 0.25) is 0 Å². The molecule has 3 aromatic rings. The minimum Gasteiger partial charge on any atom is -0.488 e. The Morgan fingerprint density at radius 3 is 2.12 bits per heavy atom. The van der Waals surface area contributed by atoms with Crippen molar-refractivity contribution in [2.75, 3.05) is 4.90 Å². The van der Waals surface area contributed by atoms with Crippen molar-refractivity contribution in [3.05, 3.63) is 96.1 Å². The van der Waals surface area contributed by atoms with Gasteiger partial charge in [0.1, 0.15) is 17.9 Å². The highest BCUT2D eigenvalue weighted by Crippen LogP contribution is 2.60. The van der Waals surface area contributed by atoms with Crippen LogP contribution in [0.4, 0.5) is 10.5 Å². The largest absolute Gasteiger partial charge is 0.488 e. The van der Waals surface area contributed by atoms with E-state index in [-0.39, 0.29) is 11.0 Å². The minimum atomic E-state index is -0.723. The molecular weight excluding hydrogens is 754 g/mol. The maximum atomic E-state index is 13.5. The van der Waals surface area contributed by atoms with Gasteiger partial charge in [0, 0.05) is 3.57 Å². The van der Waals surface area contributed by atoms with Crippen molar-refractivity contribution in [3.8, 4) is 5.75 Å². The van der Waals surface area contributed by atoms with Gasteiger partial charge in [-0.1, -0.05) is 30.3 Å². The quantitative estimate of drug-likeness (QED) is 0.159. The summed E-state index contributed by atoms with van der Waals surface area (Å²) in [4.78, 5) is 40.2. The Bertz CT molecular complexity index is 1580. The van der Waals surface area contributed by atoms with Crippen LogP contribution in [0.1, 0.15) is 55.2 Å². The second kappa shape index (κ2) is 11.1. The van der Waals surface area contributed by atoms with Crippen LogP contribution in [0, 0.1) is 24.9 Å². The number of carbonyl (C=O) groups is 3. The number of amides is 4. The number of ether oxygens (including phenoxy) is 1. The van der Waals surface area contributed by atoms with Crippen LogP contribution in [0.15, 0.2) is 72.3 Å². The van der Waals surface area contributed by atoms with Crippen LogP contribution in [0.3, 0.4) is 0 Å². The minimum absolute atomic E-state index is 0.0804. The summed E-state index contributed by atoms with van der Waals surface area (Å²) in [6.07, 6.45) is 9.41. The number of benzene rings is 3. The lowest BCUT2D eigenvalue weighted by Crippen LogP contribution is -2.54. The predicted molar refractivity (Wildman–Crippen MR) is 178 cm³/mol. The first-order valence-corrected chi connectivity index (χ1v) is 16.6. The summed E-state index contributed by atoms with van der Waals surface area (Å²) in [5.41, 5.74) is 3.68. The second-order valence-corrected chi connectivity index (χ2v) is 14.7. The smallest absolute Gasteiger partial charge is 0.335 e. The molecule has 1 saturated heterocycles. The number of nitrogens with zero attached hydrogens (tertiary/aromatic N) is 1. The molecule has 0 atom stereocenters. The fourth-order valence-electron chi connectivity index (χ4n) is 7.95. The maximum absolute atomic E-state index is 13.5. The SMILES string of the molecule is O=C1NC(=O)N(c2ccc(C34CC5CC(CC(C5)C3)C4)cc2)C(=O)/C1=C/c1ccc(OCc2ccc(I)cc2)c(I)c1. The van der Waals surface area contributed by atoms with E-state index in [0.717, 1.165) is 31.8 Å². The molecule has 4 aliphatic carbocycles. The topological polar surface area (TPSA) is 75.7 Å². The van der Waals surface area contributed by atoms with Gasteiger partial charge in [-0.3, -0.25) is 14.9 Å². The van der Waals surface area contributed by atoms with Crippen molar-refractivity contribution in [1.29, 1.82) is 0 Å². The van der Waals surface area contributed by atoms with E-state index in [2.05, 4.69) is 62.6 Å². The summed E-state index contributed by atoms with van der Waals surface area (Å²) >= 11 is 4.46. The summed E-state index contributed by atoms with van der Waals surface area (Å²) in [5.74, 6) is 1.90. The lowest BCUT2D eigenvalue weighted by molar-refractivity contribution is -0.122. The van der Waals surface area contributed by atoms with Gasteiger partial charge in [-0.25, -0.2) is 9.69 Å². The fourth-order valence-corrected chi connectivity index (χ4v) is 9.01. The number of urea groups is 1. The van der Waals surface area contributed by atoms with Crippen LogP contribution in [-0.4, -0.2) is 17.8 Å². The van der Waals surface area contributed by atoms with E-state index in [0.29, 0.717) is 23.6 Å². The van der Waals surface area contributed by atoms with Crippen LogP contribution in [0.2, 0.25) is 0 Å². The average molecular weight is 784 g/mol. The van der Waals surface area contributed by atoms with Crippen molar-refractivity contribution in [2.45, 2.75) is 50.5 Å². The molecule has 1 heterocycles. The monoisotopic (exact) mass is 784 g/mol. The van der Waals surface area contributed by atoms with Gasteiger partial charge in [-0.15, -0.1) is 0 Å². The molecule has 3 aromatic carbocycles. The van der Waals surface area contributed by atoms with E-state index < -0.39 is 17.8 Å². The van der Waals surface area contributed by atoms with E-state index in [1.54, 1.807) is 6.07 Å². The molecule has 4 saturated carbocycles. The summed E-state index contributed by atoms with van der Waals surface area (Å²) in [5, 5.41) is 2.35. The average Bonchev–Trinajstić information content (AvgIpc) is 2.95. The number of imide groups is 2. The van der Waals surface area contributed by atoms with Crippen molar-refractivity contribution in [3.63, 3.8) is 0 Å². The lowest BCUT2D eigenvalue weighted by atomic mass is 9.48. The number of rotatable bonds is 6. The predicted octanol–water partition coefficient (Wildman–Crippen LogP) is 7.61. The van der Waals surface area contributed by atoms with Crippen LogP contribution in [0.5, 0.6) is 5.75 Å². The number of hydrogen-bond acceptors (Lipinski definition) is 4. The lowest BCUT2D eigenvalue weighted by Gasteiger charge is -2.57. The standard InChI is InChI=1S/C34H30I2N2O4/c35-26-6-1-20(2-7-26)19-42-30-10-3-21(15-29(30)36)14-28-31(39)37-33(41)38(32(28)40)27-8-4-25(5-9-27)34-16-22-11-23(17-34)13-24(12-22)18-34/h1-10,14-15,22-24H,11-13,16-19H2,(H,37,39,41)/b28-14+. The zero-order valence-corrected chi connectivity index (χ0v) is 27.3. The molecule has 1 aliphatic heterocycles. The number of anilines is 1. The molecule has 5 aliphatic rings. The van der Waals surface area contributed by atoms with Crippen molar-refractivity contribution in [2.24, 2.45) is 17.8 Å². The van der Waals surface area contributed by atoms with Crippen molar-refractivity contribution < 1.29 is 19.1 Å². The molecule has 1 N–H and O–H groups in total. The Morgan fingerprint density at radius 1 is 0.857 bits per heavy atom. The van der Waals surface area contributed by atoms with E-state index in [9.17, 15) is 14.4 Å². The molecule has 6 nitrogen and oxygen atoms in total. The van der Waals surface area contributed by atoms with Gasteiger partial charge in [0.25, 0.3) is 11.8 Å². The van der Waals surface area contributed by atoms with Crippen LogP contribution in [0.25, 0.3) is 6.08 Å². The molecule has 0 spiro atoms. The molecule has 0 aromatic heterocycles. The fraction of sp³-hybridized carbons (Fsp3) is 0.324. The van der Waals surface area contributed by atoms with Gasteiger partial charge in [-0.2, -0.15) is 0 Å². The molecule has 4 bridgehead atoms. The highest BCUT2D eigenvalue weighted by Gasteiger charge is 2.51. The third kappa shape index (κ3) is 5.29. The van der Waals surface area contributed by atoms with Gasteiger partial charge in [-0.05, 0) is 166 Å². The summed E-state index contributed by atoms with van der Waals surface area (Å²) in [6, 6.07) is 20.8. The summed E-state index contributed by atoms with van der Waals surface area (Å²) < 4.78 is 8.01. The first-order chi connectivity index (χ1) is 20.3. The Kier molecular flexibility index (Phi) is 7.40. The maximum Gasteiger partial charge on any atom is 0.335 e. The number of hydrogen-bond donors (Lipinski definition) is 1. The van der Waals surface area contributed by atoms with E-state index in [1.165, 1.54) is 53.7 Å². The highest BCUT2D eigenvalue weighted by molar-refractivity contribution is 14.1. The number of barbiturate groups is 1. The Morgan fingerprint density at radius 2 is 1.50 bits per heavy atom. The third-order valence-corrected chi connectivity index (χ3v) is 11.0. The van der Waals surface area contributed by atoms with Crippen LogP contribution in [-0.2, 0) is 21.6 Å². The molecule has 0 unspecified atom stereocenters. The van der Waals surface area contributed by atoms with Gasteiger partial charge >= 0.3 is 6.03 Å². The summed E-state index contributed by atoms with van der Waals surface area (Å²) in [7, 11) is 0. The number of nitrogens with one attached hydrogen (secondary N) is 1. The Balaban J connectivity index is 1.09. The number of halogens is 2. The zero-order chi connectivity index (χ0) is 29.0. The molecule has 5 fully saturated rings. The second-order valence-electron chi connectivity index (χ2n) is 12.3. The van der Waals surface area contributed by atoms with Crippen molar-refractivity contribution >= 4 is 74.8 Å². The zero-order valence-electron chi connectivity index (χ0n) is 22.9. The van der Waals surface area contributed by atoms with E-state index in [1.807, 2.05) is 48.5 Å². The molecule has 8 rings (SSSR count). The highest BCUT2D eigenvalue weighted by atomic mass is 127. The first kappa shape index (κ1) is 28.1. The molecule has 4 amide bonds. The third-order valence-electron chi connectivity index (χ3n) is 9.45. The van der Waals surface area contributed by atoms with Gasteiger partial charge in [0.05, 0.1) is 9.26 Å². The van der Waals surface area contributed by atoms with Crippen LogP contribution >= 0.6 is 45.2 Å². The first-order valence-electron chi connectivity index (χ1n) is 14.5. The Hall–Kier alpha value is -2.73. The molecule has 8 heteroatoms. The Labute approximate surface area is 272 Å². The number of carbonyl (C=O) groups excluding carboxylic acids is 3. The molecule has 0 radical (unpaired) electrons. The van der Waals surface area contributed by atoms with Crippen molar-refractivity contribution in [1.82, 2.24) is 5.32 Å². The molecule has 214 valence electrons. The molecular formula is C34H30I2N2O4. The van der Waals surface area contributed by atoms with E-state index in [4.69, 9.17) is 4.74 Å². The van der Waals surface area contributed by atoms with Crippen LogP contribution < -0.4 is 15.0 Å².